The standard InChI is InChI=1S/C14H17N3OS2/c1-2-17-14(12(15)18,11-6-4-3-5-7-11)10-20-13-16-8-9-19-13/h3-9,17H,2,10H2,1H3,(H2,15,18). The minimum absolute atomic E-state index is 0.366. The topological polar surface area (TPSA) is 68.0 Å². The summed E-state index contributed by atoms with van der Waals surface area (Å²) in [6, 6.07) is 9.61. The number of aromatic nitrogens is 1. The van der Waals surface area contributed by atoms with Gasteiger partial charge in [0, 0.05) is 17.3 Å². The van der Waals surface area contributed by atoms with Crippen LogP contribution in [0.4, 0.5) is 0 Å². The number of likely N-dealkylation sites (N-methyl/N-ethyl adjacent to an activating group) is 1. The van der Waals surface area contributed by atoms with Crippen LogP contribution in [-0.4, -0.2) is 23.2 Å². The van der Waals surface area contributed by atoms with Crippen LogP contribution in [0.25, 0.3) is 0 Å². The van der Waals surface area contributed by atoms with Gasteiger partial charge in [-0.1, -0.05) is 49.0 Å². The second kappa shape index (κ2) is 6.88. The Morgan fingerprint density at radius 1 is 1.45 bits per heavy atom. The second-order valence-corrected chi connectivity index (χ2v) is 6.37. The third-order valence-electron chi connectivity index (χ3n) is 2.99. The van der Waals surface area contributed by atoms with Gasteiger partial charge in [-0.05, 0) is 12.1 Å². The summed E-state index contributed by atoms with van der Waals surface area (Å²) in [6.45, 7) is 2.63. The molecule has 1 aromatic carbocycles. The molecule has 6 heteroatoms. The Labute approximate surface area is 126 Å². The van der Waals surface area contributed by atoms with Gasteiger partial charge in [0.2, 0.25) is 5.91 Å². The molecule has 1 amide bonds. The summed E-state index contributed by atoms with van der Waals surface area (Å²) >= 11 is 3.10. The second-order valence-electron chi connectivity index (χ2n) is 4.25. The Morgan fingerprint density at radius 3 is 2.75 bits per heavy atom. The zero-order valence-electron chi connectivity index (χ0n) is 11.2. The van der Waals surface area contributed by atoms with Gasteiger partial charge in [0.05, 0.1) is 0 Å². The number of carbonyl (C=O) groups is 1. The van der Waals surface area contributed by atoms with E-state index in [2.05, 4.69) is 10.3 Å². The van der Waals surface area contributed by atoms with E-state index < -0.39 is 5.54 Å². The lowest BCUT2D eigenvalue weighted by molar-refractivity contribution is -0.123. The average Bonchev–Trinajstić information content (AvgIpc) is 2.97. The largest absolute Gasteiger partial charge is 0.368 e. The van der Waals surface area contributed by atoms with E-state index in [9.17, 15) is 4.79 Å². The summed E-state index contributed by atoms with van der Waals surface area (Å²) in [7, 11) is 0. The Hall–Kier alpha value is -1.37. The number of carbonyl (C=O) groups excluding carboxylic acids is 1. The highest BCUT2D eigenvalue weighted by atomic mass is 32.2. The van der Waals surface area contributed by atoms with Crippen molar-refractivity contribution in [2.24, 2.45) is 5.73 Å². The average molecular weight is 307 g/mol. The van der Waals surface area contributed by atoms with Crippen molar-refractivity contribution in [1.82, 2.24) is 10.3 Å². The van der Waals surface area contributed by atoms with Crippen molar-refractivity contribution in [3.63, 3.8) is 0 Å². The van der Waals surface area contributed by atoms with Gasteiger partial charge in [-0.3, -0.25) is 10.1 Å². The summed E-state index contributed by atoms with van der Waals surface area (Å²) in [5.74, 6) is 0.155. The lowest BCUT2D eigenvalue weighted by atomic mass is 9.91. The van der Waals surface area contributed by atoms with Crippen molar-refractivity contribution in [3.05, 3.63) is 47.5 Å². The fourth-order valence-electron chi connectivity index (χ4n) is 2.01. The van der Waals surface area contributed by atoms with Crippen LogP contribution in [0.5, 0.6) is 0 Å². The number of amides is 1. The van der Waals surface area contributed by atoms with E-state index in [1.54, 1.807) is 29.3 Å². The first kappa shape index (κ1) is 15.0. The van der Waals surface area contributed by atoms with Crippen LogP contribution >= 0.6 is 23.1 Å². The lowest BCUT2D eigenvalue weighted by Gasteiger charge is -2.31. The van der Waals surface area contributed by atoms with E-state index >= 15 is 0 Å². The zero-order valence-corrected chi connectivity index (χ0v) is 12.8. The number of nitrogens with two attached hydrogens (primary N) is 1. The molecule has 0 fully saturated rings. The van der Waals surface area contributed by atoms with E-state index in [-0.39, 0.29) is 5.91 Å². The molecule has 2 rings (SSSR count). The van der Waals surface area contributed by atoms with Crippen LogP contribution in [0.3, 0.4) is 0 Å². The van der Waals surface area contributed by atoms with Crippen LogP contribution < -0.4 is 11.1 Å². The van der Waals surface area contributed by atoms with Crippen LogP contribution in [0.2, 0.25) is 0 Å². The predicted octanol–water partition coefficient (Wildman–Crippen LogP) is 2.23. The molecule has 1 aromatic heterocycles. The van der Waals surface area contributed by atoms with Gasteiger partial charge >= 0.3 is 0 Å². The maximum absolute atomic E-state index is 12.1. The van der Waals surface area contributed by atoms with Gasteiger partial charge in [0.25, 0.3) is 0 Å². The third-order valence-corrected chi connectivity index (χ3v) is 5.12. The van der Waals surface area contributed by atoms with E-state index in [0.717, 1.165) is 9.90 Å². The van der Waals surface area contributed by atoms with Crippen LogP contribution in [0.15, 0.2) is 46.2 Å². The molecule has 1 heterocycles. The van der Waals surface area contributed by atoms with E-state index in [1.807, 2.05) is 42.6 Å². The van der Waals surface area contributed by atoms with Crippen LogP contribution in [0.1, 0.15) is 12.5 Å². The molecule has 3 N–H and O–H groups in total. The van der Waals surface area contributed by atoms with E-state index in [1.165, 1.54) is 0 Å². The van der Waals surface area contributed by atoms with E-state index in [0.29, 0.717) is 12.3 Å². The van der Waals surface area contributed by atoms with Crippen LogP contribution in [0, 0.1) is 0 Å². The Kier molecular flexibility index (Phi) is 5.17. The van der Waals surface area contributed by atoms with Gasteiger partial charge in [0.15, 0.2) is 0 Å². The Morgan fingerprint density at radius 2 is 2.20 bits per heavy atom. The molecule has 0 saturated heterocycles. The predicted molar refractivity (Wildman–Crippen MR) is 83.8 cm³/mol. The minimum atomic E-state index is -0.869. The number of nitrogens with zero attached hydrogens (tertiary/aromatic N) is 1. The molecule has 0 spiro atoms. The molecule has 0 aliphatic heterocycles. The summed E-state index contributed by atoms with van der Waals surface area (Å²) in [5, 5.41) is 5.18. The third kappa shape index (κ3) is 3.20. The highest BCUT2D eigenvalue weighted by molar-refractivity contribution is 8.01. The first-order valence-corrected chi connectivity index (χ1v) is 8.18. The van der Waals surface area contributed by atoms with Crippen molar-refractivity contribution in [2.75, 3.05) is 12.3 Å². The van der Waals surface area contributed by atoms with Gasteiger partial charge in [-0.2, -0.15) is 0 Å². The molecule has 4 nitrogen and oxygen atoms in total. The summed E-state index contributed by atoms with van der Waals surface area (Å²) in [6.07, 6.45) is 1.76. The molecular weight excluding hydrogens is 290 g/mol. The van der Waals surface area contributed by atoms with Gasteiger partial charge < -0.3 is 5.73 Å². The first-order valence-electron chi connectivity index (χ1n) is 6.32. The molecule has 2 aromatic rings. The molecule has 0 bridgehead atoms. The smallest absolute Gasteiger partial charge is 0.243 e. The first-order chi connectivity index (χ1) is 9.69. The zero-order chi connectivity index (χ0) is 14.4. The molecule has 1 atom stereocenters. The Balaban J connectivity index is 2.29. The Bertz CT molecular complexity index is 545. The number of thioether (sulfide) groups is 1. The maximum atomic E-state index is 12.1. The van der Waals surface area contributed by atoms with Crippen molar-refractivity contribution >= 4 is 29.0 Å². The van der Waals surface area contributed by atoms with Gasteiger partial charge in [-0.15, -0.1) is 11.3 Å². The normalized spacial score (nSPS) is 13.8. The molecular formula is C14H17N3OS2. The molecule has 0 aliphatic rings. The molecule has 0 saturated carbocycles. The molecule has 0 radical (unpaired) electrons. The minimum Gasteiger partial charge on any atom is -0.368 e. The van der Waals surface area contributed by atoms with Crippen molar-refractivity contribution in [2.45, 2.75) is 16.8 Å². The number of hydrogen-bond donors (Lipinski definition) is 2. The van der Waals surface area contributed by atoms with Gasteiger partial charge in [0.1, 0.15) is 9.88 Å². The van der Waals surface area contributed by atoms with E-state index in [4.69, 9.17) is 5.73 Å². The summed E-state index contributed by atoms with van der Waals surface area (Å²) in [5.41, 5.74) is 5.72. The van der Waals surface area contributed by atoms with Gasteiger partial charge in [-0.25, -0.2) is 4.98 Å². The molecule has 0 aliphatic carbocycles. The molecule has 20 heavy (non-hydrogen) atoms. The van der Waals surface area contributed by atoms with Crippen molar-refractivity contribution in [3.8, 4) is 0 Å². The fraction of sp³-hybridized carbons (Fsp3) is 0.286. The number of rotatable bonds is 7. The SMILES string of the molecule is CCNC(CSc1nccs1)(C(N)=O)c1ccccc1. The lowest BCUT2D eigenvalue weighted by Crippen LogP contribution is -2.54. The fourth-order valence-corrected chi connectivity index (χ4v) is 3.87. The van der Waals surface area contributed by atoms with Crippen molar-refractivity contribution in [1.29, 1.82) is 0 Å². The summed E-state index contributed by atoms with van der Waals surface area (Å²) < 4.78 is 0.935. The number of hydrogen-bond acceptors (Lipinski definition) is 5. The number of thiazole rings is 1. The monoisotopic (exact) mass is 307 g/mol. The highest BCUT2D eigenvalue weighted by Gasteiger charge is 2.37. The number of primary amides is 1. The molecule has 106 valence electrons. The van der Waals surface area contributed by atoms with Crippen LogP contribution in [-0.2, 0) is 10.3 Å². The molecule has 1 unspecified atom stereocenters. The highest BCUT2D eigenvalue weighted by Crippen LogP contribution is 2.30. The van der Waals surface area contributed by atoms with Crippen molar-refractivity contribution < 1.29 is 4.79 Å². The quantitative estimate of drug-likeness (QED) is 0.770. The number of benzene rings is 1. The summed E-state index contributed by atoms with van der Waals surface area (Å²) in [4.78, 5) is 16.3. The maximum Gasteiger partial charge on any atom is 0.243 e. The number of nitrogens with one attached hydrogen (secondary N) is 1.